The monoisotopic (exact) mass is 492 g/mol. The second-order valence-corrected chi connectivity index (χ2v) is 7.24. The van der Waals surface area contributed by atoms with E-state index in [1.165, 1.54) is 6.21 Å². The average molecular weight is 493 g/mol. The summed E-state index contributed by atoms with van der Waals surface area (Å²) in [4.78, 5) is 24.6. The van der Waals surface area contributed by atoms with Crippen molar-refractivity contribution in [3.8, 4) is 28.7 Å². The number of rotatable bonds is 12. The van der Waals surface area contributed by atoms with Crippen LogP contribution in [-0.2, 0) is 4.79 Å². The SMILES string of the molecule is CCOc1ccc(C(=O)Oc2ccc(/C=N/NC(=O)COc3ccc(OC)cc3)cc2OCC)cc1. The van der Waals surface area contributed by atoms with E-state index in [2.05, 4.69) is 10.5 Å². The first-order valence-electron chi connectivity index (χ1n) is 11.3. The number of carbonyl (C=O) groups is 2. The molecule has 0 unspecified atom stereocenters. The third-order valence-electron chi connectivity index (χ3n) is 4.70. The highest BCUT2D eigenvalue weighted by Gasteiger charge is 2.13. The fraction of sp³-hybridized carbons (Fsp3) is 0.222. The zero-order valence-corrected chi connectivity index (χ0v) is 20.4. The lowest BCUT2D eigenvalue weighted by Crippen LogP contribution is -2.24. The van der Waals surface area contributed by atoms with Crippen LogP contribution in [0.4, 0.5) is 0 Å². The van der Waals surface area contributed by atoms with E-state index in [9.17, 15) is 9.59 Å². The molecule has 0 heterocycles. The van der Waals surface area contributed by atoms with Crippen molar-refractivity contribution in [1.29, 1.82) is 0 Å². The summed E-state index contributed by atoms with van der Waals surface area (Å²) in [6.07, 6.45) is 1.45. The molecule has 188 valence electrons. The minimum Gasteiger partial charge on any atom is -0.497 e. The smallest absolute Gasteiger partial charge is 0.343 e. The maximum absolute atomic E-state index is 12.6. The molecule has 3 aromatic rings. The van der Waals surface area contributed by atoms with Crippen LogP contribution in [0.15, 0.2) is 71.8 Å². The summed E-state index contributed by atoms with van der Waals surface area (Å²) in [5, 5.41) is 3.94. The normalized spacial score (nSPS) is 10.5. The Morgan fingerprint density at radius 2 is 1.44 bits per heavy atom. The van der Waals surface area contributed by atoms with Gasteiger partial charge < -0.3 is 23.7 Å². The highest BCUT2D eigenvalue weighted by atomic mass is 16.6. The second-order valence-electron chi connectivity index (χ2n) is 7.24. The van der Waals surface area contributed by atoms with Gasteiger partial charge in [0.1, 0.15) is 17.2 Å². The topological polar surface area (TPSA) is 105 Å². The largest absolute Gasteiger partial charge is 0.497 e. The molecule has 0 saturated carbocycles. The zero-order valence-electron chi connectivity index (χ0n) is 20.4. The van der Waals surface area contributed by atoms with Crippen molar-refractivity contribution in [1.82, 2.24) is 5.43 Å². The van der Waals surface area contributed by atoms with Gasteiger partial charge in [-0.05, 0) is 86.1 Å². The van der Waals surface area contributed by atoms with Gasteiger partial charge >= 0.3 is 5.97 Å². The number of methoxy groups -OCH3 is 1. The molecule has 36 heavy (non-hydrogen) atoms. The van der Waals surface area contributed by atoms with E-state index in [0.29, 0.717) is 47.3 Å². The minimum absolute atomic E-state index is 0.200. The van der Waals surface area contributed by atoms with Crippen LogP contribution in [-0.4, -0.2) is 45.0 Å². The molecule has 0 saturated heterocycles. The van der Waals surface area contributed by atoms with E-state index in [4.69, 9.17) is 23.7 Å². The molecule has 3 aromatic carbocycles. The average Bonchev–Trinajstić information content (AvgIpc) is 2.90. The Morgan fingerprint density at radius 3 is 2.11 bits per heavy atom. The summed E-state index contributed by atoms with van der Waals surface area (Å²) in [5.41, 5.74) is 3.42. The third kappa shape index (κ3) is 7.76. The van der Waals surface area contributed by atoms with Crippen LogP contribution in [0.3, 0.4) is 0 Å². The number of benzene rings is 3. The Bertz CT molecular complexity index is 1180. The highest BCUT2D eigenvalue weighted by Crippen LogP contribution is 2.29. The van der Waals surface area contributed by atoms with Crippen molar-refractivity contribution in [3.05, 3.63) is 77.9 Å². The first-order valence-corrected chi connectivity index (χ1v) is 11.3. The first-order chi connectivity index (χ1) is 17.5. The van der Waals surface area contributed by atoms with E-state index in [-0.39, 0.29) is 12.4 Å². The minimum atomic E-state index is -0.524. The van der Waals surface area contributed by atoms with Gasteiger partial charge in [0, 0.05) is 0 Å². The molecule has 0 aromatic heterocycles. The van der Waals surface area contributed by atoms with Crippen LogP contribution >= 0.6 is 0 Å². The van der Waals surface area contributed by atoms with E-state index >= 15 is 0 Å². The van der Waals surface area contributed by atoms with E-state index in [1.807, 2.05) is 13.8 Å². The Kier molecular flexibility index (Phi) is 9.69. The van der Waals surface area contributed by atoms with Gasteiger partial charge in [0.2, 0.25) is 0 Å². The molecule has 0 radical (unpaired) electrons. The number of carbonyl (C=O) groups excluding carboxylic acids is 2. The Morgan fingerprint density at radius 1 is 0.806 bits per heavy atom. The van der Waals surface area contributed by atoms with Gasteiger partial charge in [-0.1, -0.05) is 0 Å². The summed E-state index contributed by atoms with van der Waals surface area (Å²) in [6.45, 7) is 4.42. The molecular weight excluding hydrogens is 464 g/mol. The number of hydrogen-bond acceptors (Lipinski definition) is 8. The van der Waals surface area contributed by atoms with Crippen molar-refractivity contribution in [2.75, 3.05) is 26.9 Å². The summed E-state index contributed by atoms with van der Waals surface area (Å²) < 4.78 is 27.0. The Hall–Kier alpha value is -4.53. The molecule has 0 aliphatic carbocycles. The number of hydrogen-bond donors (Lipinski definition) is 1. The van der Waals surface area contributed by atoms with Crippen molar-refractivity contribution in [2.24, 2.45) is 5.10 Å². The molecule has 9 heteroatoms. The number of nitrogens with one attached hydrogen (secondary N) is 1. The van der Waals surface area contributed by atoms with E-state index < -0.39 is 11.9 Å². The lowest BCUT2D eigenvalue weighted by Gasteiger charge is -2.11. The van der Waals surface area contributed by atoms with Crippen LogP contribution in [0.25, 0.3) is 0 Å². The van der Waals surface area contributed by atoms with Gasteiger partial charge in [0.15, 0.2) is 18.1 Å². The van der Waals surface area contributed by atoms with Crippen molar-refractivity contribution >= 4 is 18.1 Å². The summed E-state index contributed by atoms with van der Waals surface area (Å²) in [7, 11) is 1.57. The van der Waals surface area contributed by atoms with Gasteiger partial charge in [-0.2, -0.15) is 5.10 Å². The van der Waals surface area contributed by atoms with Crippen molar-refractivity contribution in [3.63, 3.8) is 0 Å². The quantitative estimate of drug-likeness (QED) is 0.175. The fourth-order valence-electron chi connectivity index (χ4n) is 3.00. The molecule has 0 atom stereocenters. The summed E-state index contributed by atoms with van der Waals surface area (Å²) >= 11 is 0. The number of esters is 1. The lowest BCUT2D eigenvalue weighted by molar-refractivity contribution is -0.123. The summed E-state index contributed by atoms with van der Waals surface area (Å²) in [5.74, 6) is 1.59. The van der Waals surface area contributed by atoms with Crippen molar-refractivity contribution in [2.45, 2.75) is 13.8 Å². The van der Waals surface area contributed by atoms with E-state index in [1.54, 1.807) is 73.8 Å². The van der Waals surface area contributed by atoms with Gasteiger partial charge in [-0.3, -0.25) is 4.79 Å². The molecule has 0 aliphatic rings. The fourth-order valence-corrected chi connectivity index (χ4v) is 3.00. The molecule has 0 bridgehead atoms. The highest BCUT2D eigenvalue weighted by molar-refractivity contribution is 5.92. The lowest BCUT2D eigenvalue weighted by atomic mass is 10.2. The van der Waals surface area contributed by atoms with E-state index in [0.717, 1.165) is 0 Å². The molecule has 0 fully saturated rings. The van der Waals surface area contributed by atoms with Crippen LogP contribution in [0.1, 0.15) is 29.8 Å². The maximum Gasteiger partial charge on any atom is 0.343 e. The van der Waals surface area contributed by atoms with Crippen LogP contribution in [0.5, 0.6) is 28.7 Å². The molecule has 3 rings (SSSR count). The standard InChI is InChI=1S/C27H28N2O7/c1-4-33-22-9-7-20(8-10-22)27(31)36-24-15-6-19(16-25(24)34-5-2)17-28-29-26(30)18-35-23-13-11-21(32-3)12-14-23/h6-17H,4-5,18H2,1-3H3,(H,29,30)/b28-17+. The second kappa shape index (κ2) is 13.4. The molecule has 1 N–H and O–H groups in total. The van der Waals surface area contributed by atoms with Crippen molar-refractivity contribution < 1.29 is 33.3 Å². The van der Waals surface area contributed by atoms with Crippen LogP contribution < -0.4 is 29.1 Å². The molecule has 1 amide bonds. The summed E-state index contributed by atoms with van der Waals surface area (Å²) in [6, 6.07) is 18.5. The number of amides is 1. The third-order valence-corrected chi connectivity index (χ3v) is 4.70. The molecule has 0 aliphatic heterocycles. The number of hydrazone groups is 1. The Labute approximate surface area is 209 Å². The zero-order chi connectivity index (χ0) is 25.8. The van der Waals surface area contributed by atoms with Gasteiger partial charge in [-0.15, -0.1) is 0 Å². The van der Waals surface area contributed by atoms with Gasteiger partial charge in [0.25, 0.3) is 5.91 Å². The molecule has 0 spiro atoms. The maximum atomic E-state index is 12.6. The predicted molar refractivity (Wildman–Crippen MR) is 134 cm³/mol. The first kappa shape index (κ1) is 26.1. The van der Waals surface area contributed by atoms with Crippen LogP contribution in [0.2, 0.25) is 0 Å². The van der Waals surface area contributed by atoms with Gasteiger partial charge in [0.05, 0.1) is 32.1 Å². The Balaban J connectivity index is 1.57. The molecular formula is C27H28N2O7. The number of ether oxygens (including phenoxy) is 5. The van der Waals surface area contributed by atoms with Gasteiger partial charge in [-0.25, -0.2) is 10.2 Å². The van der Waals surface area contributed by atoms with Crippen LogP contribution in [0, 0.1) is 0 Å². The predicted octanol–water partition coefficient (Wildman–Crippen LogP) is 4.24. The number of nitrogens with zero attached hydrogens (tertiary/aromatic N) is 1. The molecule has 9 nitrogen and oxygen atoms in total.